The molecule has 2 aromatic carbocycles. The second kappa shape index (κ2) is 6.99. The fraction of sp³-hybridized carbons (Fsp3) is 0.400. The number of benzene rings is 2. The Balaban J connectivity index is 2.02. The molecule has 0 saturated heterocycles. The molecule has 124 valence electrons. The second-order valence-corrected chi connectivity index (χ2v) is 12.4. The maximum Gasteiger partial charge on any atom is 0.192 e. The Morgan fingerprint density at radius 3 is 1.96 bits per heavy atom. The monoisotopic (exact) mass is 328 g/mol. The van der Waals surface area contributed by atoms with Gasteiger partial charge in [-0.25, -0.2) is 0 Å². The zero-order chi connectivity index (χ0) is 17.1. The lowest BCUT2D eigenvalue weighted by Crippen LogP contribution is -2.41. The third-order valence-electron chi connectivity index (χ3n) is 4.81. The van der Waals surface area contributed by atoms with Crippen LogP contribution in [0.3, 0.4) is 0 Å². The van der Waals surface area contributed by atoms with Crippen LogP contribution in [0.2, 0.25) is 18.1 Å². The maximum absolute atomic E-state index is 10.4. The van der Waals surface area contributed by atoms with Gasteiger partial charge in [0.2, 0.25) is 0 Å². The Kier molecular flexibility index (Phi) is 5.45. The van der Waals surface area contributed by atoms with Crippen molar-refractivity contribution >= 4 is 8.32 Å². The quantitative estimate of drug-likeness (QED) is 0.744. The van der Waals surface area contributed by atoms with Crippen LogP contribution < -0.4 is 0 Å². The summed E-state index contributed by atoms with van der Waals surface area (Å²) < 4.78 is 6.11. The van der Waals surface area contributed by atoms with Crippen LogP contribution in [0, 0.1) is 0 Å². The van der Waals surface area contributed by atoms with Crippen LogP contribution >= 0.6 is 0 Å². The molecule has 0 aliphatic heterocycles. The van der Waals surface area contributed by atoms with Gasteiger partial charge in [0.1, 0.15) is 6.10 Å². The van der Waals surface area contributed by atoms with Gasteiger partial charge in [0.15, 0.2) is 8.32 Å². The zero-order valence-electron chi connectivity index (χ0n) is 14.8. The number of aliphatic hydroxyl groups is 1. The topological polar surface area (TPSA) is 29.5 Å². The van der Waals surface area contributed by atoms with E-state index in [0.29, 0.717) is 6.61 Å². The molecule has 0 aliphatic carbocycles. The van der Waals surface area contributed by atoms with Crippen LogP contribution in [0.25, 0.3) is 11.1 Å². The minimum absolute atomic E-state index is 0.157. The lowest BCUT2D eigenvalue weighted by Gasteiger charge is -2.36. The van der Waals surface area contributed by atoms with Crippen LogP contribution in [0.5, 0.6) is 0 Å². The molecule has 2 rings (SSSR count). The zero-order valence-corrected chi connectivity index (χ0v) is 15.8. The largest absolute Gasteiger partial charge is 0.414 e. The molecule has 0 spiro atoms. The second-order valence-electron chi connectivity index (χ2n) is 7.58. The van der Waals surface area contributed by atoms with Crippen molar-refractivity contribution in [1.29, 1.82) is 0 Å². The van der Waals surface area contributed by atoms with Gasteiger partial charge in [-0.15, -0.1) is 0 Å². The average Bonchev–Trinajstić information content (AvgIpc) is 2.52. The van der Waals surface area contributed by atoms with E-state index >= 15 is 0 Å². The first-order valence-electron chi connectivity index (χ1n) is 8.18. The summed E-state index contributed by atoms with van der Waals surface area (Å²) in [6.07, 6.45) is -0.575. The SMILES string of the molecule is CC(C)(C)[Si](C)(C)OCC(O)c1ccc(-c2ccccc2)cc1. The number of aliphatic hydroxyl groups excluding tert-OH is 1. The van der Waals surface area contributed by atoms with Crippen LogP contribution in [0.15, 0.2) is 54.6 Å². The molecule has 1 N–H and O–H groups in total. The van der Waals surface area contributed by atoms with E-state index in [1.807, 2.05) is 30.3 Å². The molecule has 0 saturated carbocycles. The summed E-state index contributed by atoms with van der Waals surface area (Å²) in [5.74, 6) is 0. The van der Waals surface area contributed by atoms with E-state index in [4.69, 9.17) is 4.43 Å². The van der Waals surface area contributed by atoms with Gasteiger partial charge >= 0.3 is 0 Å². The molecule has 0 amide bonds. The Morgan fingerprint density at radius 1 is 0.913 bits per heavy atom. The standard InChI is InChI=1S/C20H28O2Si/c1-20(2,3)23(4,5)22-15-19(21)18-13-11-17(12-14-18)16-9-7-6-8-10-16/h6-14,19,21H,15H2,1-5H3. The summed E-state index contributed by atoms with van der Waals surface area (Å²) in [6, 6.07) is 18.3. The van der Waals surface area contributed by atoms with Crippen molar-refractivity contribution in [2.75, 3.05) is 6.61 Å². The summed E-state index contributed by atoms with van der Waals surface area (Å²) >= 11 is 0. The van der Waals surface area contributed by atoms with Crippen molar-refractivity contribution < 1.29 is 9.53 Å². The number of hydrogen-bond acceptors (Lipinski definition) is 2. The fourth-order valence-electron chi connectivity index (χ4n) is 2.13. The van der Waals surface area contributed by atoms with Crippen molar-refractivity contribution in [2.24, 2.45) is 0 Å². The minimum atomic E-state index is -1.82. The highest BCUT2D eigenvalue weighted by atomic mass is 28.4. The van der Waals surface area contributed by atoms with Crippen LogP contribution in [0.1, 0.15) is 32.4 Å². The molecule has 3 heteroatoms. The first kappa shape index (κ1) is 17.9. The highest BCUT2D eigenvalue weighted by molar-refractivity contribution is 6.74. The highest BCUT2D eigenvalue weighted by Crippen LogP contribution is 2.37. The Hall–Kier alpha value is -1.42. The Morgan fingerprint density at radius 2 is 1.43 bits per heavy atom. The van der Waals surface area contributed by atoms with E-state index in [1.54, 1.807) is 0 Å². The van der Waals surface area contributed by atoms with Crippen molar-refractivity contribution in [3.05, 3.63) is 60.2 Å². The van der Waals surface area contributed by atoms with E-state index in [2.05, 4.69) is 58.1 Å². The summed E-state index contributed by atoms with van der Waals surface area (Å²) in [5.41, 5.74) is 3.25. The number of rotatable bonds is 5. The third kappa shape index (κ3) is 4.53. The van der Waals surface area contributed by atoms with E-state index < -0.39 is 14.4 Å². The average molecular weight is 329 g/mol. The van der Waals surface area contributed by atoms with Crippen molar-refractivity contribution in [3.63, 3.8) is 0 Å². The normalized spacial score (nSPS) is 13.8. The van der Waals surface area contributed by atoms with Gasteiger partial charge in [-0.3, -0.25) is 0 Å². The molecule has 0 heterocycles. The van der Waals surface area contributed by atoms with Crippen LogP contribution in [-0.2, 0) is 4.43 Å². The van der Waals surface area contributed by atoms with Gasteiger partial charge in [-0.2, -0.15) is 0 Å². The maximum atomic E-state index is 10.4. The fourth-order valence-corrected chi connectivity index (χ4v) is 3.14. The van der Waals surface area contributed by atoms with Gasteiger partial charge in [0.25, 0.3) is 0 Å². The lowest BCUT2D eigenvalue weighted by molar-refractivity contribution is 0.100. The first-order valence-corrected chi connectivity index (χ1v) is 11.1. The molecule has 0 aliphatic rings. The first-order chi connectivity index (χ1) is 10.7. The summed E-state index contributed by atoms with van der Waals surface area (Å²) in [5, 5.41) is 10.6. The van der Waals surface area contributed by atoms with E-state index in [-0.39, 0.29) is 5.04 Å². The molecule has 0 bridgehead atoms. The van der Waals surface area contributed by atoms with E-state index in [9.17, 15) is 5.11 Å². The summed E-state index contributed by atoms with van der Waals surface area (Å²) in [4.78, 5) is 0. The van der Waals surface area contributed by atoms with Gasteiger partial charge in [0.05, 0.1) is 6.61 Å². The Labute approximate surface area is 141 Å². The highest BCUT2D eigenvalue weighted by Gasteiger charge is 2.37. The molecule has 1 unspecified atom stereocenters. The molecule has 23 heavy (non-hydrogen) atoms. The smallest absolute Gasteiger partial charge is 0.192 e. The summed E-state index contributed by atoms with van der Waals surface area (Å²) in [7, 11) is -1.82. The van der Waals surface area contributed by atoms with E-state index in [1.165, 1.54) is 5.56 Å². The predicted octanol–water partition coefficient (Wildman–Crippen LogP) is 5.41. The Bertz CT molecular complexity index is 612. The minimum Gasteiger partial charge on any atom is -0.414 e. The van der Waals surface area contributed by atoms with Gasteiger partial charge < -0.3 is 9.53 Å². The molecular formula is C20H28O2Si. The molecule has 0 radical (unpaired) electrons. The van der Waals surface area contributed by atoms with Gasteiger partial charge in [-0.05, 0) is 34.8 Å². The predicted molar refractivity (Wildman–Crippen MR) is 100.0 cm³/mol. The van der Waals surface area contributed by atoms with Crippen LogP contribution in [0.4, 0.5) is 0 Å². The summed E-state index contributed by atoms with van der Waals surface area (Å²) in [6.45, 7) is 11.4. The lowest BCUT2D eigenvalue weighted by atomic mass is 10.0. The van der Waals surface area contributed by atoms with Crippen LogP contribution in [-0.4, -0.2) is 20.0 Å². The van der Waals surface area contributed by atoms with E-state index in [0.717, 1.165) is 11.1 Å². The molecular weight excluding hydrogens is 300 g/mol. The van der Waals surface area contributed by atoms with Gasteiger partial charge in [-0.1, -0.05) is 75.4 Å². The molecule has 2 aromatic rings. The molecule has 0 aromatic heterocycles. The van der Waals surface area contributed by atoms with Gasteiger partial charge in [0, 0.05) is 0 Å². The molecule has 0 fully saturated rings. The molecule has 1 atom stereocenters. The van der Waals surface area contributed by atoms with Crippen molar-refractivity contribution in [3.8, 4) is 11.1 Å². The number of hydrogen-bond donors (Lipinski definition) is 1. The van der Waals surface area contributed by atoms with Crippen molar-refractivity contribution in [1.82, 2.24) is 0 Å². The van der Waals surface area contributed by atoms with Crippen molar-refractivity contribution in [2.45, 2.75) is 45.0 Å². The molecule has 2 nitrogen and oxygen atoms in total. The third-order valence-corrected chi connectivity index (χ3v) is 9.31.